The molecule has 1 aromatic carbocycles. The zero-order chi connectivity index (χ0) is 15.2. The lowest BCUT2D eigenvalue weighted by atomic mass is 10.2. The van der Waals surface area contributed by atoms with Crippen LogP contribution in [0.1, 0.15) is 15.9 Å². The van der Waals surface area contributed by atoms with E-state index in [0.29, 0.717) is 13.0 Å². The predicted octanol–water partition coefficient (Wildman–Crippen LogP) is 1.48. The minimum atomic E-state index is -1.08. The maximum absolute atomic E-state index is 11.7. The van der Waals surface area contributed by atoms with Crippen molar-refractivity contribution in [1.82, 2.24) is 15.1 Å². The van der Waals surface area contributed by atoms with Crippen molar-refractivity contribution in [1.29, 1.82) is 0 Å². The molecule has 0 spiro atoms. The van der Waals surface area contributed by atoms with Gasteiger partial charge in [-0.25, -0.2) is 9.59 Å². The van der Waals surface area contributed by atoms with Crippen LogP contribution in [-0.2, 0) is 13.5 Å². The van der Waals surface area contributed by atoms with Crippen LogP contribution in [0.15, 0.2) is 36.7 Å². The van der Waals surface area contributed by atoms with Gasteiger partial charge in [0.15, 0.2) is 0 Å². The fourth-order valence-corrected chi connectivity index (χ4v) is 1.87. The highest BCUT2D eigenvalue weighted by molar-refractivity contribution is 5.99. The molecule has 0 fully saturated rings. The number of carbonyl (C=O) groups excluding carboxylic acids is 1. The zero-order valence-electron chi connectivity index (χ0n) is 11.5. The van der Waals surface area contributed by atoms with Gasteiger partial charge in [0.1, 0.15) is 0 Å². The van der Waals surface area contributed by atoms with Crippen molar-refractivity contribution in [3.05, 3.63) is 47.8 Å². The highest BCUT2D eigenvalue weighted by Crippen LogP contribution is 2.14. The van der Waals surface area contributed by atoms with Gasteiger partial charge in [-0.15, -0.1) is 0 Å². The average molecular weight is 288 g/mol. The van der Waals surface area contributed by atoms with Crippen LogP contribution in [0.3, 0.4) is 0 Å². The van der Waals surface area contributed by atoms with E-state index in [-0.39, 0.29) is 11.3 Å². The lowest BCUT2D eigenvalue weighted by Crippen LogP contribution is -2.31. The van der Waals surface area contributed by atoms with E-state index in [4.69, 9.17) is 5.11 Å². The molecule has 0 aliphatic heterocycles. The molecule has 0 aliphatic carbocycles. The maximum atomic E-state index is 11.7. The number of aromatic carboxylic acids is 1. The van der Waals surface area contributed by atoms with E-state index < -0.39 is 12.0 Å². The second-order valence-corrected chi connectivity index (χ2v) is 4.50. The number of anilines is 1. The summed E-state index contributed by atoms with van der Waals surface area (Å²) in [6.45, 7) is 0.437. The third kappa shape index (κ3) is 4.07. The first-order valence-electron chi connectivity index (χ1n) is 6.41. The number of hydrogen-bond acceptors (Lipinski definition) is 3. The number of para-hydroxylation sites is 1. The number of amides is 2. The Kier molecular flexibility index (Phi) is 4.55. The number of nitrogens with one attached hydrogen (secondary N) is 2. The third-order valence-corrected chi connectivity index (χ3v) is 2.86. The largest absolute Gasteiger partial charge is 0.478 e. The van der Waals surface area contributed by atoms with Gasteiger partial charge < -0.3 is 15.7 Å². The first-order valence-corrected chi connectivity index (χ1v) is 6.41. The molecule has 7 nitrogen and oxygen atoms in total. The molecule has 0 atom stereocenters. The van der Waals surface area contributed by atoms with Crippen molar-refractivity contribution >= 4 is 17.7 Å². The van der Waals surface area contributed by atoms with Gasteiger partial charge in [0.05, 0.1) is 17.4 Å². The van der Waals surface area contributed by atoms with Crippen molar-refractivity contribution in [2.75, 3.05) is 11.9 Å². The van der Waals surface area contributed by atoms with Crippen LogP contribution in [0.2, 0.25) is 0 Å². The molecule has 0 saturated heterocycles. The van der Waals surface area contributed by atoms with Gasteiger partial charge in [-0.2, -0.15) is 5.10 Å². The molecule has 0 bridgehead atoms. The summed E-state index contributed by atoms with van der Waals surface area (Å²) in [6, 6.07) is 5.82. The summed E-state index contributed by atoms with van der Waals surface area (Å²) >= 11 is 0. The molecule has 110 valence electrons. The number of rotatable bonds is 5. The normalized spacial score (nSPS) is 10.1. The van der Waals surface area contributed by atoms with E-state index in [1.54, 1.807) is 29.1 Å². The topological polar surface area (TPSA) is 96.2 Å². The van der Waals surface area contributed by atoms with Crippen LogP contribution in [0.25, 0.3) is 0 Å². The Morgan fingerprint density at radius 2 is 2.10 bits per heavy atom. The van der Waals surface area contributed by atoms with Gasteiger partial charge in [-0.3, -0.25) is 4.68 Å². The van der Waals surface area contributed by atoms with E-state index >= 15 is 0 Å². The summed E-state index contributed by atoms with van der Waals surface area (Å²) < 4.78 is 1.69. The Bertz CT molecular complexity index is 651. The molecule has 0 radical (unpaired) electrons. The summed E-state index contributed by atoms with van der Waals surface area (Å²) in [6.07, 6.45) is 4.26. The molecule has 0 unspecified atom stereocenters. The van der Waals surface area contributed by atoms with E-state index in [9.17, 15) is 9.59 Å². The van der Waals surface area contributed by atoms with Crippen molar-refractivity contribution in [3.63, 3.8) is 0 Å². The third-order valence-electron chi connectivity index (χ3n) is 2.86. The molecule has 1 heterocycles. The number of hydrogen-bond donors (Lipinski definition) is 3. The van der Waals surface area contributed by atoms with Crippen LogP contribution in [0.5, 0.6) is 0 Å². The first-order chi connectivity index (χ1) is 10.1. The molecule has 0 saturated carbocycles. The van der Waals surface area contributed by atoms with Gasteiger partial charge in [0.2, 0.25) is 0 Å². The summed E-state index contributed by atoms with van der Waals surface area (Å²) in [5, 5.41) is 18.3. The number of carboxylic acids is 1. The van der Waals surface area contributed by atoms with Crippen molar-refractivity contribution in [2.45, 2.75) is 6.42 Å². The van der Waals surface area contributed by atoms with Gasteiger partial charge in [0.25, 0.3) is 0 Å². The van der Waals surface area contributed by atoms with Crippen LogP contribution in [0.4, 0.5) is 10.5 Å². The van der Waals surface area contributed by atoms with Gasteiger partial charge >= 0.3 is 12.0 Å². The van der Waals surface area contributed by atoms with Crippen molar-refractivity contribution < 1.29 is 14.7 Å². The molecule has 2 amide bonds. The van der Waals surface area contributed by atoms with Gasteiger partial charge in [-0.05, 0) is 24.1 Å². The van der Waals surface area contributed by atoms with E-state index in [1.807, 2.05) is 13.2 Å². The molecule has 21 heavy (non-hydrogen) atoms. The predicted molar refractivity (Wildman–Crippen MR) is 77.3 cm³/mol. The summed E-state index contributed by atoms with van der Waals surface area (Å²) in [7, 11) is 1.83. The van der Waals surface area contributed by atoms with Crippen molar-refractivity contribution in [2.24, 2.45) is 7.05 Å². The van der Waals surface area contributed by atoms with E-state index in [2.05, 4.69) is 15.7 Å². The Morgan fingerprint density at radius 3 is 2.76 bits per heavy atom. The number of aromatic nitrogens is 2. The Balaban J connectivity index is 1.86. The molecule has 3 N–H and O–H groups in total. The number of aryl methyl sites for hydroxylation is 1. The molecule has 1 aromatic heterocycles. The minimum Gasteiger partial charge on any atom is -0.478 e. The Hall–Kier alpha value is -2.83. The minimum absolute atomic E-state index is 0.0555. The number of benzene rings is 1. The summed E-state index contributed by atoms with van der Waals surface area (Å²) in [5.41, 5.74) is 1.34. The molecule has 7 heteroatoms. The molecule has 2 rings (SSSR count). The van der Waals surface area contributed by atoms with E-state index in [0.717, 1.165) is 5.56 Å². The lowest BCUT2D eigenvalue weighted by Gasteiger charge is -2.09. The fraction of sp³-hybridized carbons (Fsp3) is 0.214. The van der Waals surface area contributed by atoms with Gasteiger partial charge in [-0.1, -0.05) is 12.1 Å². The first kappa shape index (κ1) is 14.6. The van der Waals surface area contributed by atoms with Crippen LogP contribution in [-0.4, -0.2) is 33.4 Å². The number of carboxylic acid groups (broad SMARTS) is 1. The second kappa shape index (κ2) is 6.56. The standard InChI is InChI=1S/C14H16N4O3/c1-18-9-10(8-16-18)6-7-15-14(21)17-12-5-3-2-4-11(12)13(19)20/h2-5,8-9H,6-7H2,1H3,(H,19,20)(H2,15,17,21). The number of nitrogens with zero attached hydrogens (tertiary/aromatic N) is 2. The fourth-order valence-electron chi connectivity index (χ4n) is 1.87. The van der Waals surface area contributed by atoms with E-state index in [1.165, 1.54) is 6.07 Å². The monoisotopic (exact) mass is 288 g/mol. The SMILES string of the molecule is Cn1cc(CCNC(=O)Nc2ccccc2C(=O)O)cn1. The highest BCUT2D eigenvalue weighted by Gasteiger charge is 2.11. The highest BCUT2D eigenvalue weighted by atomic mass is 16.4. The molecule has 2 aromatic rings. The quantitative estimate of drug-likeness (QED) is 0.776. The summed E-state index contributed by atoms with van der Waals surface area (Å²) in [4.78, 5) is 22.8. The average Bonchev–Trinajstić information content (AvgIpc) is 2.85. The second-order valence-electron chi connectivity index (χ2n) is 4.50. The smallest absolute Gasteiger partial charge is 0.337 e. The molecular weight excluding hydrogens is 272 g/mol. The van der Waals surface area contributed by atoms with Crippen molar-refractivity contribution in [3.8, 4) is 0 Å². The zero-order valence-corrected chi connectivity index (χ0v) is 11.5. The van der Waals surface area contributed by atoms with Crippen LogP contribution in [0, 0.1) is 0 Å². The molecular formula is C14H16N4O3. The number of carbonyl (C=O) groups is 2. The summed E-state index contributed by atoms with van der Waals surface area (Å²) in [5.74, 6) is -1.08. The van der Waals surface area contributed by atoms with Crippen LogP contribution >= 0.6 is 0 Å². The molecule has 0 aliphatic rings. The van der Waals surface area contributed by atoms with Gasteiger partial charge in [0, 0.05) is 19.8 Å². The Labute approximate surface area is 121 Å². The Morgan fingerprint density at radius 1 is 1.33 bits per heavy atom. The number of urea groups is 1. The lowest BCUT2D eigenvalue weighted by molar-refractivity contribution is 0.0698. The van der Waals surface area contributed by atoms with Crippen LogP contribution < -0.4 is 10.6 Å². The maximum Gasteiger partial charge on any atom is 0.337 e.